The fraction of sp³-hybridized carbons (Fsp3) is 0.440. The molecule has 7 nitrogen and oxygen atoms in total. The lowest BCUT2D eigenvalue weighted by Crippen LogP contribution is -2.52. The van der Waals surface area contributed by atoms with Crippen molar-refractivity contribution in [2.24, 2.45) is 5.92 Å². The van der Waals surface area contributed by atoms with Crippen molar-refractivity contribution in [3.8, 4) is 0 Å². The average molecular weight is 510 g/mol. The van der Waals surface area contributed by atoms with Gasteiger partial charge in [-0.3, -0.25) is 13.9 Å². The van der Waals surface area contributed by atoms with E-state index < -0.39 is 40.2 Å². The number of rotatable bonds is 11. The number of hydrogen-bond donors (Lipinski definition) is 1. The van der Waals surface area contributed by atoms with Crippen molar-refractivity contribution in [1.29, 1.82) is 0 Å². The van der Waals surface area contributed by atoms with Gasteiger partial charge in [0.1, 0.15) is 12.6 Å². The highest BCUT2D eigenvalue weighted by Gasteiger charge is 2.32. The van der Waals surface area contributed by atoms with E-state index in [-0.39, 0.29) is 24.1 Å². The summed E-state index contributed by atoms with van der Waals surface area (Å²) in [6.45, 7) is 7.38. The molecule has 192 valence electrons. The molecule has 2 rings (SSSR count). The molecule has 0 heterocycles. The number of amides is 2. The third-order valence-corrected chi connectivity index (χ3v) is 6.52. The van der Waals surface area contributed by atoms with Gasteiger partial charge >= 0.3 is 0 Å². The molecule has 0 aliphatic heterocycles. The largest absolute Gasteiger partial charge is 0.354 e. The first kappa shape index (κ1) is 28.2. The molecule has 35 heavy (non-hydrogen) atoms. The van der Waals surface area contributed by atoms with E-state index in [0.29, 0.717) is 17.3 Å². The summed E-state index contributed by atoms with van der Waals surface area (Å²) in [4.78, 5) is 27.9. The van der Waals surface area contributed by atoms with E-state index in [2.05, 4.69) is 5.32 Å². The molecule has 0 saturated carbocycles. The minimum absolute atomic E-state index is 0.0729. The summed E-state index contributed by atoms with van der Waals surface area (Å²) in [5, 5.41) is 2.84. The van der Waals surface area contributed by atoms with Gasteiger partial charge in [-0.2, -0.15) is 0 Å². The topological polar surface area (TPSA) is 86.8 Å². The normalized spacial score (nSPS) is 12.3. The quantitative estimate of drug-likeness (QED) is 0.501. The van der Waals surface area contributed by atoms with Crippen LogP contribution in [0.4, 0.5) is 14.5 Å². The minimum Gasteiger partial charge on any atom is -0.354 e. The second-order valence-corrected chi connectivity index (χ2v) is 10.8. The maximum atomic E-state index is 13.8. The lowest BCUT2D eigenvalue weighted by Gasteiger charge is -2.33. The smallest absolute Gasteiger partial charge is 0.244 e. The molecule has 0 saturated heterocycles. The maximum Gasteiger partial charge on any atom is 0.244 e. The van der Waals surface area contributed by atoms with Crippen molar-refractivity contribution in [3.63, 3.8) is 0 Å². The highest BCUT2D eigenvalue weighted by molar-refractivity contribution is 7.92. The summed E-state index contributed by atoms with van der Waals surface area (Å²) in [7, 11) is -4.03. The number of nitrogens with one attached hydrogen (secondary N) is 1. The van der Waals surface area contributed by atoms with Crippen LogP contribution < -0.4 is 9.62 Å². The molecule has 0 spiro atoms. The number of benzene rings is 2. The summed E-state index contributed by atoms with van der Waals surface area (Å²) in [5.41, 5.74) is 1.55. The van der Waals surface area contributed by atoms with Gasteiger partial charge in [0.05, 0.1) is 11.9 Å². The average Bonchev–Trinajstić information content (AvgIpc) is 2.77. The van der Waals surface area contributed by atoms with Crippen LogP contribution in [0.25, 0.3) is 0 Å². The van der Waals surface area contributed by atoms with Gasteiger partial charge in [-0.15, -0.1) is 0 Å². The molecule has 0 fully saturated rings. The maximum absolute atomic E-state index is 13.8. The fourth-order valence-electron chi connectivity index (χ4n) is 3.60. The van der Waals surface area contributed by atoms with Crippen molar-refractivity contribution in [1.82, 2.24) is 10.2 Å². The lowest BCUT2D eigenvalue weighted by atomic mass is 10.1. The van der Waals surface area contributed by atoms with E-state index in [9.17, 15) is 26.8 Å². The minimum atomic E-state index is -4.03. The Bertz CT molecular complexity index is 1160. The van der Waals surface area contributed by atoms with Crippen LogP contribution in [0.2, 0.25) is 0 Å². The number of anilines is 1. The van der Waals surface area contributed by atoms with E-state index in [1.165, 1.54) is 4.90 Å². The predicted molar refractivity (Wildman–Crippen MR) is 132 cm³/mol. The summed E-state index contributed by atoms with van der Waals surface area (Å²) in [6, 6.07) is 9.18. The van der Waals surface area contributed by atoms with Crippen LogP contribution in [0, 0.1) is 24.5 Å². The number of aryl methyl sites for hydroxylation is 1. The van der Waals surface area contributed by atoms with Crippen molar-refractivity contribution < 1.29 is 26.8 Å². The van der Waals surface area contributed by atoms with Crippen LogP contribution in [0.5, 0.6) is 0 Å². The molecule has 1 unspecified atom stereocenters. The van der Waals surface area contributed by atoms with E-state index in [4.69, 9.17) is 0 Å². The van der Waals surface area contributed by atoms with Gasteiger partial charge < -0.3 is 10.2 Å². The Labute approximate surface area is 206 Å². The van der Waals surface area contributed by atoms with E-state index in [1.807, 2.05) is 45.0 Å². The summed E-state index contributed by atoms with van der Waals surface area (Å²) in [6.07, 6.45) is 1.17. The number of halogens is 2. The zero-order valence-electron chi connectivity index (χ0n) is 20.7. The first-order valence-corrected chi connectivity index (χ1v) is 13.2. The number of carbonyl (C=O) groups excluding carboxylic acids is 2. The third kappa shape index (κ3) is 8.02. The Hall–Kier alpha value is -3.01. The molecule has 0 bridgehead atoms. The molecule has 2 aromatic rings. The van der Waals surface area contributed by atoms with E-state index >= 15 is 0 Å². The molecule has 0 radical (unpaired) electrons. The number of nitrogens with zero attached hydrogens (tertiary/aromatic N) is 2. The first-order valence-electron chi connectivity index (χ1n) is 11.4. The van der Waals surface area contributed by atoms with Crippen molar-refractivity contribution in [2.45, 2.75) is 46.7 Å². The Kier molecular flexibility index (Phi) is 9.76. The van der Waals surface area contributed by atoms with Gasteiger partial charge in [-0.1, -0.05) is 50.6 Å². The highest BCUT2D eigenvalue weighted by atomic mass is 32.2. The second-order valence-electron chi connectivity index (χ2n) is 8.94. The highest BCUT2D eigenvalue weighted by Crippen LogP contribution is 2.22. The number of hydrogen-bond acceptors (Lipinski definition) is 4. The van der Waals surface area contributed by atoms with Crippen LogP contribution in [0.3, 0.4) is 0 Å². The third-order valence-electron chi connectivity index (χ3n) is 5.38. The predicted octanol–water partition coefficient (Wildman–Crippen LogP) is 3.62. The summed E-state index contributed by atoms with van der Waals surface area (Å²) >= 11 is 0. The van der Waals surface area contributed by atoms with Gasteiger partial charge in [0.15, 0.2) is 11.6 Å². The molecule has 2 amide bonds. The van der Waals surface area contributed by atoms with Crippen LogP contribution in [-0.2, 0) is 26.2 Å². The Morgan fingerprint density at radius 3 is 2.29 bits per heavy atom. The molecular weight excluding hydrogens is 476 g/mol. The van der Waals surface area contributed by atoms with Gasteiger partial charge in [0.2, 0.25) is 21.8 Å². The second kappa shape index (κ2) is 12.1. The molecule has 0 aliphatic rings. The zero-order valence-corrected chi connectivity index (χ0v) is 21.5. The van der Waals surface area contributed by atoms with Crippen molar-refractivity contribution >= 4 is 27.5 Å². The molecule has 0 aliphatic carbocycles. The zero-order chi connectivity index (χ0) is 26.3. The van der Waals surface area contributed by atoms with Crippen molar-refractivity contribution in [3.05, 3.63) is 65.2 Å². The monoisotopic (exact) mass is 509 g/mol. The molecular formula is C25H33F2N3O4S. The van der Waals surface area contributed by atoms with Crippen LogP contribution in [-0.4, -0.2) is 50.5 Å². The summed E-state index contributed by atoms with van der Waals surface area (Å²) < 4.78 is 53.0. The van der Waals surface area contributed by atoms with Crippen LogP contribution in [0.1, 0.15) is 38.3 Å². The van der Waals surface area contributed by atoms with Gasteiger partial charge in [0, 0.05) is 19.2 Å². The molecule has 10 heteroatoms. The van der Waals surface area contributed by atoms with Gasteiger partial charge in [-0.05, 0) is 37.0 Å². The number of carbonyl (C=O) groups is 2. The Morgan fingerprint density at radius 1 is 1.06 bits per heavy atom. The molecule has 2 aromatic carbocycles. The van der Waals surface area contributed by atoms with Gasteiger partial charge in [0.25, 0.3) is 0 Å². The Balaban J connectivity index is 2.44. The SMILES string of the molecule is CCC(C(=O)NCC(C)C)N(Cc1cccc(C)c1)C(=O)CN(c1ccc(F)c(F)c1)S(C)(=O)=O. The van der Waals surface area contributed by atoms with Crippen LogP contribution in [0.15, 0.2) is 42.5 Å². The fourth-order valence-corrected chi connectivity index (χ4v) is 4.44. The summed E-state index contributed by atoms with van der Waals surface area (Å²) in [5.74, 6) is -3.16. The Morgan fingerprint density at radius 2 is 1.74 bits per heavy atom. The number of sulfonamides is 1. The van der Waals surface area contributed by atoms with Crippen molar-refractivity contribution in [2.75, 3.05) is 23.7 Å². The first-order chi connectivity index (χ1) is 16.3. The van der Waals surface area contributed by atoms with E-state index in [0.717, 1.165) is 35.6 Å². The van der Waals surface area contributed by atoms with Crippen LogP contribution >= 0.6 is 0 Å². The molecule has 0 aromatic heterocycles. The van der Waals surface area contributed by atoms with E-state index in [1.54, 1.807) is 6.92 Å². The molecule has 1 atom stereocenters. The standard InChI is InChI=1S/C25H33F2N3O4S/c1-6-23(25(32)28-14-17(2)3)29(15-19-9-7-8-18(4)12-19)24(31)16-30(35(5,33)34)20-10-11-21(26)22(27)13-20/h7-13,17,23H,6,14-16H2,1-5H3,(H,28,32). The molecule has 1 N–H and O–H groups in total. The van der Waals surface area contributed by atoms with Gasteiger partial charge in [-0.25, -0.2) is 17.2 Å². The lowest BCUT2D eigenvalue weighted by molar-refractivity contribution is -0.140.